The molecule has 38 heavy (non-hydrogen) atoms. The fourth-order valence-electron chi connectivity index (χ4n) is 3.30. The first kappa shape index (κ1) is 27.1. The van der Waals surface area contributed by atoms with Crippen LogP contribution in [0.15, 0.2) is 64.6 Å². The molecule has 0 unspecified atom stereocenters. The van der Waals surface area contributed by atoms with Crippen LogP contribution in [0.2, 0.25) is 5.02 Å². The van der Waals surface area contributed by atoms with E-state index in [2.05, 4.69) is 25.3 Å². The highest BCUT2D eigenvalue weighted by Crippen LogP contribution is 2.32. The highest BCUT2D eigenvalue weighted by atomic mass is 35.5. The van der Waals surface area contributed by atoms with E-state index >= 15 is 0 Å². The van der Waals surface area contributed by atoms with Gasteiger partial charge < -0.3 is 15.4 Å². The van der Waals surface area contributed by atoms with Crippen molar-refractivity contribution in [2.45, 2.75) is 12.6 Å². The van der Waals surface area contributed by atoms with E-state index in [-0.39, 0.29) is 28.7 Å². The summed E-state index contributed by atoms with van der Waals surface area (Å²) in [6.07, 6.45) is -1.65. The van der Waals surface area contributed by atoms with Crippen LogP contribution in [0.1, 0.15) is 22.3 Å². The maximum Gasteiger partial charge on any atom is 0.490 e. The number of carbonyl (C=O) groups excluding carboxylic acids is 3. The zero-order valence-electron chi connectivity index (χ0n) is 19.3. The van der Waals surface area contributed by atoms with Gasteiger partial charge in [0.05, 0.1) is 27.7 Å². The molecule has 0 saturated carbocycles. The van der Waals surface area contributed by atoms with Crippen molar-refractivity contribution in [3.63, 3.8) is 0 Å². The summed E-state index contributed by atoms with van der Waals surface area (Å²) in [6, 6.07) is 13.8. The normalized spacial score (nSPS) is 14.5. The van der Waals surface area contributed by atoms with Gasteiger partial charge in [-0.2, -0.15) is 18.2 Å². The van der Waals surface area contributed by atoms with Gasteiger partial charge in [-0.3, -0.25) is 14.6 Å². The first-order valence-corrected chi connectivity index (χ1v) is 12.3. The van der Waals surface area contributed by atoms with Gasteiger partial charge in [0.1, 0.15) is 0 Å². The summed E-state index contributed by atoms with van der Waals surface area (Å²) in [7, 11) is 0. The molecule has 4 rings (SSSR count). The number of ether oxygens (including phenoxy) is 1. The third kappa shape index (κ3) is 6.90. The molecule has 3 aromatic rings. The van der Waals surface area contributed by atoms with Crippen LogP contribution in [0.3, 0.4) is 0 Å². The number of esters is 1. The number of carbonyl (C=O) groups is 3. The van der Waals surface area contributed by atoms with Crippen LogP contribution in [-0.4, -0.2) is 47.3 Å². The lowest BCUT2D eigenvalue weighted by atomic mass is 10.1. The molecular weight excluding hydrogens is 545 g/mol. The Bertz CT molecular complexity index is 1480. The molecule has 8 nitrogen and oxygen atoms in total. The van der Waals surface area contributed by atoms with E-state index in [1.54, 1.807) is 12.3 Å². The van der Waals surface area contributed by atoms with Gasteiger partial charge in [0, 0.05) is 23.7 Å². The minimum absolute atomic E-state index is 0.00928. The second-order valence-corrected chi connectivity index (χ2v) is 9.29. The van der Waals surface area contributed by atoms with E-state index in [0.29, 0.717) is 10.6 Å². The van der Waals surface area contributed by atoms with Crippen LogP contribution < -0.4 is 10.6 Å². The molecule has 0 aliphatic carbocycles. The number of rotatable bonds is 7. The molecular formula is C25H18ClF3N4O4S. The second-order valence-electron chi connectivity index (χ2n) is 7.85. The average Bonchev–Trinajstić information content (AvgIpc) is 3.22. The number of amides is 2. The first-order valence-electron chi connectivity index (χ1n) is 11.1. The van der Waals surface area contributed by atoms with Crippen molar-refractivity contribution in [3.05, 3.63) is 75.8 Å². The van der Waals surface area contributed by atoms with Crippen molar-refractivity contribution in [3.8, 4) is 0 Å². The summed E-state index contributed by atoms with van der Waals surface area (Å²) in [4.78, 5) is 44.2. The number of halogens is 4. The SMILES string of the molecule is O=C1N=C(Nc2cc(C(=O)NCCCOC(=O)C(F)(F)F)ccc2Cl)S/C1=C\c1ccc2ncccc2c1. The van der Waals surface area contributed by atoms with Crippen LogP contribution in [-0.2, 0) is 14.3 Å². The van der Waals surface area contributed by atoms with Crippen molar-refractivity contribution in [1.29, 1.82) is 0 Å². The van der Waals surface area contributed by atoms with Crippen LogP contribution in [0, 0.1) is 0 Å². The van der Waals surface area contributed by atoms with Crippen molar-refractivity contribution in [2.75, 3.05) is 18.5 Å². The molecule has 196 valence electrons. The third-order valence-electron chi connectivity index (χ3n) is 5.09. The van der Waals surface area contributed by atoms with Crippen LogP contribution >= 0.6 is 23.4 Å². The van der Waals surface area contributed by atoms with Crippen molar-refractivity contribution >= 4 is 69.0 Å². The van der Waals surface area contributed by atoms with E-state index in [4.69, 9.17) is 11.6 Å². The van der Waals surface area contributed by atoms with Crippen LogP contribution in [0.4, 0.5) is 18.9 Å². The lowest BCUT2D eigenvalue weighted by molar-refractivity contribution is -0.199. The number of hydrogen-bond acceptors (Lipinski definition) is 7. The predicted octanol–water partition coefficient (Wildman–Crippen LogP) is 5.20. The lowest BCUT2D eigenvalue weighted by Gasteiger charge is -2.11. The number of thioether (sulfide) groups is 1. The van der Waals surface area contributed by atoms with Gasteiger partial charge >= 0.3 is 12.1 Å². The smallest absolute Gasteiger partial charge is 0.459 e. The summed E-state index contributed by atoms with van der Waals surface area (Å²) in [5, 5.41) is 6.95. The second kappa shape index (κ2) is 11.7. The zero-order valence-corrected chi connectivity index (χ0v) is 20.9. The van der Waals surface area contributed by atoms with Gasteiger partial charge in [0.25, 0.3) is 11.8 Å². The maximum absolute atomic E-state index is 12.5. The van der Waals surface area contributed by atoms with E-state index in [1.807, 2.05) is 30.3 Å². The summed E-state index contributed by atoms with van der Waals surface area (Å²) in [5.74, 6) is -3.23. The molecule has 1 aromatic heterocycles. The average molecular weight is 563 g/mol. The summed E-state index contributed by atoms with van der Waals surface area (Å²) in [6.45, 7) is -0.519. The number of benzene rings is 2. The number of amidine groups is 1. The standard InChI is InChI=1S/C25H18ClF3N4O4S/c26-17-6-5-16(21(34)31-9-2-10-37-23(36)25(27,28)29)13-19(17)32-24-33-22(35)20(38-24)12-14-4-7-18-15(11-14)3-1-8-30-18/h1,3-8,11-13H,2,9-10H2,(H,31,34)(H,32,33,35)/b20-12-. The van der Waals surface area contributed by atoms with Gasteiger partial charge in [-0.1, -0.05) is 23.7 Å². The van der Waals surface area contributed by atoms with E-state index in [1.165, 1.54) is 18.2 Å². The number of fused-ring (bicyclic) bond motifs is 1. The lowest BCUT2D eigenvalue weighted by Crippen LogP contribution is -2.28. The van der Waals surface area contributed by atoms with Gasteiger partial charge in [-0.05, 0) is 66.2 Å². The largest absolute Gasteiger partial charge is 0.490 e. The molecule has 0 radical (unpaired) electrons. The molecule has 1 aliphatic rings. The van der Waals surface area contributed by atoms with Gasteiger partial charge in [0.2, 0.25) is 0 Å². The Labute approximate surface area is 223 Å². The number of aromatic nitrogens is 1. The number of pyridine rings is 1. The monoisotopic (exact) mass is 562 g/mol. The fraction of sp³-hybridized carbons (Fsp3) is 0.160. The summed E-state index contributed by atoms with van der Waals surface area (Å²) in [5.41, 5.74) is 2.18. The number of nitrogens with one attached hydrogen (secondary N) is 2. The molecule has 2 aromatic carbocycles. The Morgan fingerprint density at radius 3 is 2.74 bits per heavy atom. The summed E-state index contributed by atoms with van der Waals surface area (Å²) < 4.78 is 40.4. The van der Waals surface area contributed by atoms with Gasteiger partial charge in [0.15, 0.2) is 5.17 Å². The first-order chi connectivity index (χ1) is 18.1. The Kier molecular flexibility index (Phi) is 8.32. The minimum Gasteiger partial charge on any atom is -0.459 e. The highest BCUT2D eigenvalue weighted by Gasteiger charge is 2.40. The van der Waals surface area contributed by atoms with Crippen molar-refractivity contribution in [2.24, 2.45) is 4.99 Å². The van der Waals surface area contributed by atoms with Crippen molar-refractivity contribution < 1.29 is 32.3 Å². The molecule has 0 fully saturated rings. The minimum atomic E-state index is -5.06. The maximum atomic E-state index is 12.5. The number of aliphatic imine (C=N–C) groups is 1. The Morgan fingerprint density at radius 2 is 1.95 bits per heavy atom. The molecule has 2 heterocycles. The van der Waals surface area contributed by atoms with E-state index < -0.39 is 30.6 Å². The van der Waals surface area contributed by atoms with Gasteiger partial charge in [-0.15, -0.1) is 0 Å². The molecule has 0 bridgehead atoms. The Hall–Kier alpha value is -3.90. The molecule has 0 spiro atoms. The predicted molar refractivity (Wildman–Crippen MR) is 139 cm³/mol. The topological polar surface area (TPSA) is 110 Å². The van der Waals surface area contributed by atoms with Crippen LogP contribution in [0.25, 0.3) is 17.0 Å². The third-order valence-corrected chi connectivity index (χ3v) is 6.32. The Morgan fingerprint density at radius 1 is 1.13 bits per heavy atom. The molecule has 1 aliphatic heterocycles. The zero-order chi connectivity index (χ0) is 27.3. The number of anilines is 1. The van der Waals surface area contributed by atoms with Gasteiger partial charge in [-0.25, -0.2) is 4.79 Å². The summed E-state index contributed by atoms with van der Waals surface area (Å²) >= 11 is 7.36. The van der Waals surface area contributed by atoms with E-state index in [0.717, 1.165) is 28.2 Å². The number of hydrogen-bond donors (Lipinski definition) is 2. The highest BCUT2D eigenvalue weighted by molar-refractivity contribution is 8.18. The quantitative estimate of drug-likeness (QED) is 0.231. The molecule has 2 N–H and O–H groups in total. The molecule has 2 amide bonds. The molecule has 0 saturated heterocycles. The van der Waals surface area contributed by atoms with Crippen molar-refractivity contribution in [1.82, 2.24) is 10.3 Å². The van der Waals surface area contributed by atoms with E-state index in [9.17, 15) is 27.6 Å². The van der Waals surface area contributed by atoms with Crippen LogP contribution in [0.5, 0.6) is 0 Å². The molecule has 13 heteroatoms. The fourth-order valence-corrected chi connectivity index (χ4v) is 4.29. The number of alkyl halides is 3. The number of nitrogens with zero attached hydrogens (tertiary/aromatic N) is 2. The Balaban J connectivity index is 1.34. The molecule has 0 atom stereocenters.